The highest BCUT2D eigenvalue weighted by molar-refractivity contribution is 7.22. The van der Waals surface area contributed by atoms with Gasteiger partial charge in [0, 0.05) is 17.7 Å². The van der Waals surface area contributed by atoms with Gasteiger partial charge in [-0.05, 0) is 30.2 Å². The van der Waals surface area contributed by atoms with Crippen molar-refractivity contribution in [2.24, 2.45) is 0 Å². The van der Waals surface area contributed by atoms with Crippen molar-refractivity contribution in [1.29, 1.82) is 0 Å². The number of hydrogen-bond acceptors (Lipinski definition) is 7. The molecule has 1 fully saturated rings. The molecule has 1 aromatic heterocycles. The van der Waals surface area contributed by atoms with Crippen LogP contribution in [-0.4, -0.2) is 26.7 Å². The lowest BCUT2D eigenvalue weighted by atomic mass is 9.95. The molecule has 168 valence electrons. The number of hydrogen-bond donors (Lipinski definition) is 1. The largest absolute Gasteiger partial charge is 0.507 e. The first-order valence-corrected chi connectivity index (χ1v) is 11.1. The van der Waals surface area contributed by atoms with Gasteiger partial charge in [-0.25, -0.2) is 4.98 Å². The summed E-state index contributed by atoms with van der Waals surface area (Å²) in [6, 6.07) is 18.7. The van der Waals surface area contributed by atoms with Crippen LogP contribution in [0.2, 0.25) is 0 Å². The van der Waals surface area contributed by atoms with Crippen LogP contribution >= 0.6 is 11.3 Å². The average Bonchev–Trinajstić information content (AvgIpc) is 3.37. The molecular formula is C25H17N3O5S. The SMILES string of the molecule is Cc1ccc2nc(N3C(=O)C(=O)/C(=C(/O)c4ccccc4)C3c3cccc([N+](=O)[O-])c3)sc2c1. The Morgan fingerprint density at radius 3 is 2.56 bits per heavy atom. The minimum atomic E-state index is -1.08. The molecule has 1 saturated heterocycles. The number of nitrogens with zero attached hydrogens (tertiary/aromatic N) is 3. The molecule has 1 unspecified atom stereocenters. The molecular weight excluding hydrogens is 454 g/mol. The van der Waals surface area contributed by atoms with Gasteiger partial charge in [0.25, 0.3) is 11.5 Å². The second kappa shape index (κ2) is 8.20. The Morgan fingerprint density at radius 2 is 1.82 bits per heavy atom. The molecule has 1 aliphatic heterocycles. The number of nitro groups is 1. The molecule has 2 heterocycles. The number of fused-ring (bicyclic) bond motifs is 1. The van der Waals surface area contributed by atoms with E-state index in [1.807, 2.05) is 25.1 Å². The number of thiazole rings is 1. The third kappa shape index (κ3) is 3.52. The van der Waals surface area contributed by atoms with Crippen LogP contribution < -0.4 is 4.90 Å². The molecule has 5 rings (SSSR count). The molecule has 0 spiro atoms. The van der Waals surface area contributed by atoms with Crippen molar-refractivity contribution in [1.82, 2.24) is 4.98 Å². The standard InChI is InChI=1S/C25H17N3O5S/c1-14-10-11-18-19(12-14)34-25(26-18)27-21(16-8-5-9-17(13-16)28(32)33)20(23(30)24(27)31)22(29)15-6-3-2-4-7-15/h2-13,21,29H,1H3/b22-20+. The van der Waals surface area contributed by atoms with Crippen molar-refractivity contribution in [3.8, 4) is 0 Å². The number of aliphatic hydroxyl groups excluding tert-OH is 1. The molecule has 0 radical (unpaired) electrons. The van der Waals surface area contributed by atoms with Crippen molar-refractivity contribution in [2.45, 2.75) is 13.0 Å². The Hall–Kier alpha value is -4.37. The number of aryl methyl sites for hydroxylation is 1. The molecule has 0 saturated carbocycles. The smallest absolute Gasteiger partial charge is 0.301 e. The van der Waals surface area contributed by atoms with Crippen LogP contribution in [-0.2, 0) is 9.59 Å². The fraction of sp³-hybridized carbons (Fsp3) is 0.0800. The van der Waals surface area contributed by atoms with Crippen molar-refractivity contribution in [2.75, 3.05) is 4.90 Å². The van der Waals surface area contributed by atoms with Gasteiger partial charge in [-0.3, -0.25) is 24.6 Å². The van der Waals surface area contributed by atoms with Crippen LogP contribution in [0.25, 0.3) is 16.0 Å². The normalized spacial score (nSPS) is 17.4. The number of rotatable bonds is 4. The highest BCUT2D eigenvalue weighted by Crippen LogP contribution is 2.44. The lowest BCUT2D eigenvalue weighted by Gasteiger charge is -2.22. The van der Waals surface area contributed by atoms with Crippen LogP contribution in [0.5, 0.6) is 0 Å². The second-order valence-electron chi connectivity index (χ2n) is 7.85. The molecule has 1 N–H and O–H groups in total. The highest BCUT2D eigenvalue weighted by Gasteiger charge is 2.48. The molecule has 1 atom stereocenters. The number of carbonyl (C=O) groups excluding carboxylic acids is 2. The molecule has 0 bridgehead atoms. The Balaban J connectivity index is 1.75. The predicted molar refractivity (Wildman–Crippen MR) is 129 cm³/mol. The quantitative estimate of drug-likeness (QED) is 0.145. The van der Waals surface area contributed by atoms with Gasteiger partial charge in [0.05, 0.1) is 26.8 Å². The zero-order valence-corrected chi connectivity index (χ0v) is 18.7. The maximum atomic E-state index is 13.3. The minimum absolute atomic E-state index is 0.146. The number of aliphatic hydroxyl groups is 1. The molecule has 8 nitrogen and oxygen atoms in total. The molecule has 3 aromatic carbocycles. The predicted octanol–water partition coefficient (Wildman–Crippen LogP) is 5.14. The van der Waals surface area contributed by atoms with Gasteiger partial charge in [-0.15, -0.1) is 0 Å². The van der Waals surface area contributed by atoms with Gasteiger partial charge in [-0.1, -0.05) is 59.9 Å². The molecule has 9 heteroatoms. The van der Waals surface area contributed by atoms with Gasteiger partial charge in [0.15, 0.2) is 5.13 Å². The fourth-order valence-electron chi connectivity index (χ4n) is 4.03. The number of Topliss-reactive ketones (excluding diaryl/α,β-unsaturated/α-hetero) is 1. The average molecular weight is 471 g/mol. The summed E-state index contributed by atoms with van der Waals surface area (Å²) in [5, 5.41) is 22.8. The number of carbonyl (C=O) groups is 2. The van der Waals surface area contributed by atoms with E-state index in [1.54, 1.807) is 36.4 Å². The summed E-state index contributed by atoms with van der Waals surface area (Å²) >= 11 is 1.24. The molecule has 1 amide bonds. The zero-order chi connectivity index (χ0) is 24.0. The van der Waals surface area contributed by atoms with Gasteiger partial charge >= 0.3 is 5.91 Å². The number of nitro benzene ring substituents is 1. The Morgan fingerprint density at radius 1 is 1.06 bits per heavy atom. The number of benzene rings is 3. The molecule has 1 aliphatic rings. The lowest BCUT2D eigenvalue weighted by molar-refractivity contribution is -0.384. The fourth-order valence-corrected chi connectivity index (χ4v) is 5.12. The number of aromatic nitrogens is 1. The van der Waals surface area contributed by atoms with Gasteiger partial charge < -0.3 is 5.11 Å². The van der Waals surface area contributed by atoms with E-state index >= 15 is 0 Å². The van der Waals surface area contributed by atoms with E-state index < -0.39 is 22.7 Å². The van der Waals surface area contributed by atoms with E-state index in [-0.39, 0.29) is 22.2 Å². The number of non-ortho nitro benzene ring substituents is 1. The number of anilines is 1. The molecule has 4 aromatic rings. The maximum Gasteiger partial charge on any atom is 0.301 e. The van der Waals surface area contributed by atoms with Crippen molar-refractivity contribution < 1.29 is 19.6 Å². The van der Waals surface area contributed by atoms with Crippen molar-refractivity contribution in [3.63, 3.8) is 0 Å². The first-order valence-electron chi connectivity index (χ1n) is 10.3. The van der Waals surface area contributed by atoms with Gasteiger partial charge in [0.1, 0.15) is 5.76 Å². The van der Waals surface area contributed by atoms with Crippen LogP contribution in [0, 0.1) is 17.0 Å². The summed E-state index contributed by atoms with van der Waals surface area (Å²) in [7, 11) is 0. The number of ketones is 1. The zero-order valence-electron chi connectivity index (χ0n) is 17.8. The maximum absolute atomic E-state index is 13.3. The van der Waals surface area contributed by atoms with Crippen LogP contribution in [0.4, 0.5) is 10.8 Å². The highest BCUT2D eigenvalue weighted by atomic mass is 32.1. The summed E-state index contributed by atoms with van der Waals surface area (Å²) in [5.41, 5.74) is 2.02. The summed E-state index contributed by atoms with van der Waals surface area (Å²) < 4.78 is 0.831. The van der Waals surface area contributed by atoms with E-state index in [1.165, 1.54) is 34.4 Å². The first kappa shape index (κ1) is 21.5. The van der Waals surface area contributed by atoms with E-state index in [4.69, 9.17) is 0 Å². The van der Waals surface area contributed by atoms with Gasteiger partial charge in [-0.2, -0.15) is 0 Å². The van der Waals surface area contributed by atoms with Crippen LogP contribution in [0.15, 0.2) is 78.4 Å². The first-order chi connectivity index (χ1) is 16.3. The van der Waals surface area contributed by atoms with E-state index in [2.05, 4.69) is 4.98 Å². The van der Waals surface area contributed by atoms with E-state index in [9.17, 15) is 24.8 Å². The summed E-state index contributed by atoms with van der Waals surface area (Å²) in [4.78, 5) is 43.1. The molecule has 0 aliphatic carbocycles. The summed E-state index contributed by atoms with van der Waals surface area (Å²) in [5.74, 6) is -2.09. The topological polar surface area (TPSA) is 114 Å². The Kier molecular flexibility index (Phi) is 5.18. The van der Waals surface area contributed by atoms with E-state index in [0.717, 1.165) is 10.3 Å². The monoisotopic (exact) mass is 471 g/mol. The van der Waals surface area contributed by atoms with Crippen LogP contribution in [0.1, 0.15) is 22.7 Å². The summed E-state index contributed by atoms with van der Waals surface area (Å²) in [6.07, 6.45) is 0. The van der Waals surface area contributed by atoms with Gasteiger partial charge in [0.2, 0.25) is 0 Å². The van der Waals surface area contributed by atoms with Crippen molar-refractivity contribution in [3.05, 3.63) is 105 Å². The third-order valence-electron chi connectivity index (χ3n) is 5.63. The molecule has 34 heavy (non-hydrogen) atoms. The Labute approximate surface area is 197 Å². The Bertz CT molecular complexity index is 1510. The lowest BCUT2D eigenvalue weighted by Crippen LogP contribution is -2.29. The van der Waals surface area contributed by atoms with Crippen LogP contribution in [0.3, 0.4) is 0 Å². The van der Waals surface area contributed by atoms with Crippen molar-refractivity contribution >= 4 is 49.8 Å². The minimum Gasteiger partial charge on any atom is -0.507 e. The second-order valence-corrected chi connectivity index (χ2v) is 8.86. The van der Waals surface area contributed by atoms with E-state index in [0.29, 0.717) is 16.6 Å². The third-order valence-corrected chi connectivity index (χ3v) is 6.64. The number of amides is 1. The summed E-state index contributed by atoms with van der Waals surface area (Å²) in [6.45, 7) is 1.94.